The third kappa shape index (κ3) is 4.00. The van der Waals surface area contributed by atoms with E-state index >= 15 is 0 Å². The number of hydrogen-bond donors (Lipinski definition) is 0. The van der Waals surface area contributed by atoms with Crippen LogP contribution in [-0.4, -0.2) is 53.9 Å². The van der Waals surface area contributed by atoms with Crippen LogP contribution in [0.1, 0.15) is 58.3 Å². The third-order valence-electron chi connectivity index (χ3n) is 7.25. The smallest absolute Gasteiger partial charge is 0.359 e. The van der Waals surface area contributed by atoms with Crippen LogP contribution in [-0.2, 0) is 22.4 Å². The van der Waals surface area contributed by atoms with Crippen LogP contribution in [0, 0.1) is 5.82 Å². The van der Waals surface area contributed by atoms with Gasteiger partial charge in [-0.2, -0.15) is 5.10 Å². The molecule has 0 bridgehead atoms. The second-order valence-corrected chi connectivity index (χ2v) is 9.55. The molecule has 6 rings (SSSR count). The zero-order chi connectivity index (χ0) is 26.4. The second kappa shape index (κ2) is 9.59. The number of nitrogens with zero attached hydrogens (tertiary/aromatic N) is 4. The average molecular weight is 519 g/mol. The summed E-state index contributed by atoms with van der Waals surface area (Å²) in [6.45, 7) is 3.26. The molecule has 4 heterocycles. The summed E-state index contributed by atoms with van der Waals surface area (Å²) < 4.78 is 26.8. The highest BCUT2D eigenvalue weighted by atomic mass is 19.1. The molecule has 1 aromatic heterocycles. The number of hydrogen-bond acceptors (Lipinski definition) is 6. The molecule has 0 saturated carbocycles. The van der Waals surface area contributed by atoms with Gasteiger partial charge in [0, 0.05) is 54.5 Å². The van der Waals surface area contributed by atoms with Crippen LogP contribution in [0.15, 0.2) is 36.4 Å². The molecule has 196 valence electrons. The highest BCUT2D eigenvalue weighted by molar-refractivity contribution is 6.09. The lowest BCUT2D eigenvalue weighted by atomic mass is 10.0. The number of halogens is 1. The van der Waals surface area contributed by atoms with Crippen molar-refractivity contribution in [2.24, 2.45) is 0 Å². The SMILES string of the molecule is CCOC(=O)c1nn(-c2cc(F)c3c(c2)CCO3)c2c1CCN(c1ccc(N3CCCCC3=O)cc1)C2=O. The molecule has 0 atom stereocenters. The van der Waals surface area contributed by atoms with E-state index in [1.165, 1.54) is 10.7 Å². The zero-order valence-electron chi connectivity index (χ0n) is 21.0. The number of aromatic nitrogens is 2. The fourth-order valence-corrected chi connectivity index (χ4v) is 5.42. The maximum atomic E-state index is 14.8. The van der Waals surface area contributed by atoms with Crippen LogP contribution in [0.2, 0.25) is 0 Å². The van der Waals surface area contributed by atoms with E-state index in [2.05, 4.69) is 5.10 Å². The Labute approximate surface area is 218 Å². The Hall–Kier alpha value is -4.21. The summed E-state index contributed by atoms with van der Waals surface area (Å²) in [4.78, 5) is 42.3. The fraction of sp³-hybridized carbons (Fsp3) is 0.357. The molecule has 3 aliphatic heterocycles. The Morgan fingerprint density at radius 1 is 1.00 bits per heavy atom. The number of rotatable bonds is 5. The Morgan fingerprint density at radius 3 is 2.50 bits per heavy atom. The first-order valence-corrected chi connectivity index (χ1v) is 12.9. The maximum Gasteiger partial charge on any atom is 0.359 e. The molecule has 2 amide bonds. The van der Waals surface area contributed by atoms with Crippen molar-refractivity contribution in [1.29, 1.82) is 0 Å². The molecule has 1 saturated heterocycles. The van der Waals surface area contributed by atoms with Crippen LogP contribution < -0.4 is 14.5 Å². The van der Waals surface area contributed by atoms with E-state index in [-0.39, 0.29) is 35.6 Å². The molecule has 9 nitrogen and oxygen atoms in total. The average Bonchev–Trinajstić information content (AvgIpc) is 3.55. The van der Waals surface area contributed by atoms with Gasteiger partial charge in [0.1, 0.15) is 5.69 Å². The van der Waals surface area contributed by atoms with Gasteiger partial charge in [0.2, 0.25) is 5.91 Å². The minimum atomic E-state index is -0.621. The Kier molecular flexibility index (Phi) is 6.09. The number of carbonyl (C=O) groups is 3. The summed E-state index contributed by atoms with van der Waals surface area (Å²) in [5, 5.41) is 4.45. The number of ether oxygens (including phenoxy) is 2. The predicted octanol–water partition coefficient (Wildman–Crippen LogP) is 3.84. The van der Waals surface area contributed by atoms with Crippen LogP contribution in [0.3, 0.4) is 0 Å². The van der Waals surface area contributed by atoms with Crippen LogP contribution in [0.4, 0.5) is 15.8 Å². The number of anilines is 2. The summed E-state index contributed by atoms with van der Waals surface area (Å²) in [7, 11) is 0. The van der Waals surface area contributed by atoms with Crippen LogP contribution in [0.5, 0.6) is 5.75 Å². The fourth-order valence-electron chi connectivity index (χ4n) is 5.42. The molecule has 10 heteroatoms. The Bertz CT molecular complexity index is 1450. The van der Waals surface area contributed by atoms with Gasteiger partial charge >= 0.3 is 5.97 Å². The summed E-state index contributed by atoms with van der Waals surface area (Å²) in [6, 6.07) is 10.3. The molecule has 0 aliphatic carbocycles. The summed E-state index contributed by atoms with van der Waals surface area (Å²) in [5.41, 5.74) is 3.23. The number of carbonyl (C=O) groups excluding carboxylic acids is 3. The van der Waals surface area contributed by atoms with Gasteiger partial charge in [-0.25, -0.2) is 13.9 Å². The van der Waals surface area contributed by atoms with E-state index in [0.717, 1.165) is 18.5 Å². The van der Waals surface area contributed by atoms with E-state index in [1.807, 2.05) is 24.3 Å². The van der Waals surface area contributed by atoms with Crippen molar-refractivity contribution in [2.45, 2.75) is 39.0 Å². The highest BCUT2D eigenvalue weighted by Crippen LogP contribution is 2.34. The minimum absolute atomic E-state index is 0.0611. The van der Waals surface area contributed by atoms with Gasteiger partial charge in [0.05, 0.1) is 18.9 Å². The van der Waals surface area contributed by atoms with Crippen molar-refractivity contribution in [3.05, 3.63) is 64.7 Å². The summed E-state index contributed by atoms with van der Waals surface area (Å²) in [6.07, 6.45) is 3.32. The third-order valence-corrected chi connectivity index (χ3v) is 7.25. The molecule has 38 heavy (non-hydrogen) atoms. The summed E-state index contributed by atoms with van der Waals surface area (Å²) in [5.74, 6) is -1.21. The molecular formula is C28H27FN4O5. The molecule has 0 radical (unpaired) electrons. The van der Waals surface area contributed by atoms with Gasteiger partial charge in [0.25, 0.3) is 5.91 Å². The molecule has 2 aromatic carbocycles. The van der Waals surface area contributed by atoms with Crippen molar-refractivity contribution < 1.29 is 28.2 Å². The van der Waals surface area contributed by atoms with Gasteiger partial charge in [-0.05, 0) is 56.5 Å². The molecule has 3 aliphatic rings. The Morgan fingerprint density at radius 2 is 1.76 bits per heavy atom. The molecule has 0 unspecified atom stereocenters. The van der Waals surface area contributed by atoms with Gasteiger partial charge in [-0.3, -0.25) is 9.59 Å². The molecular weight excluding hydrogens is 491 g/mol. The topological polar surface area (TPSA) is 94.0 Å². The summed E-state index contributed by atoms with van der Waals surface area (Å²) >= 11 is 0. The van der Waals surface area contributed by atoms with E-state index in [0.29, 0.717) is 61.5 Å². The first-order chi connectivity index (χ1) is 18.5. The largest absolute Gasteiger partial charge is 0.490 e. The van der Waals surface area contributed by atoms with E-state index < -0.39 is 11.8 Å². The Balaban J connectivity index is 1.38. The second-order valence-electron chi connectivity index (χ2n) is 9.55. The van der Waals surface area contributed by atoms with Gasteiger partial charge < -0.3 is 19.3 Å². The van der Waals surface area contributed by atoms with Crippen molar-refractivity contribution in [1.82, 2.24) is 9.78 Å². The number of esters is 1. The first kappa shape index (κ1) is 24.1. The monoisotopic (exact) mass is 518 g/mol. The van der Waals surface area contributed by atoms with Crippen molar-refractivity contribution in [3.8, 4) is 11.4 Å². The molecule has 0 N–H and O–H groups in total. The quantitative estimate of drug-likeness (QED) is 0.477. The lowest BCUT2D eigenvalue weighted by Crippen LogP contribution is -2.39. The number of amides is 2. The van der Waals surface area contributed by atoms with Crippen molar-refractivity contribution in [3.63, 3.8) is 0 Å². The van der Waals surface area contributed by atoms with Crippen molar-refractivity contribution >= 4 is 29.2 Å². The van der Waals surface area contributed by atoms with Gasteiger partial charge in [0.15, 0.2) is 17.3 Å². The first-order valence-electron chi connectivity index (χ1n) is 12.9. The molecule has 0 spiro atoms. The lowest BCUT2D eigenvalue weighted by Gasteiger charge is -2.29. The van der Waals surface area contributed by atoms with E-state index in [1.54, 1.807) is 22.8 Å². The maximum absolute atomic E-state index is 14.8. The highest BCUT2D eigenvalue weighted by Gasteiger charge is 2.36. The van der Waals surface area contributed by atoms with Crippen molar-refractivity contribution in [2.75, 3.05) is 36.1 Å². The molecule has 1 fully saturated rings. The standard InChI is InChI=1S/C28H27FN4O5/c1-2-37-28(36)24-21-10-13-32(19-8-6-18(7-9-19)31-12-4-3-5-23(31)34)27(35)25(21)33(30-24)20-15-17-11-14-38-26(17)22(29)16-20/h6-9,15-16H,2-5,10-14H2,1H3. The zero-order valence-corrected chi connectivity index (χ0v) is 21.0. The molecule has 3 aromatic rings. The number of benzene rings is 2. The van der Waals surface area contributed by atoms with E-state index in [9.17, 15) is 18.8 Å². The minimum Gasteiger partial charge on any atom is -0.490 e. The number of piperidine rings is 1. The van der Waals surface area contributed by atoms with Crippen LogP contribution >= 0.6 is 0 Å². The predicted molar refractivity (Wildman–Crippen MR) is 137 cm³/mol. The van der Waals surface area contributed by atoms with E-state index in [4.69, 9.17) is 9.47 Å². The van der Waals surface area contributed by atoms with Gasteiger partial charge in [-0.15, -0.1) is 0 Å². The normalized spacial score (nSPS) is 16.8. The van der Waals surface area contributed by atoms with Gasteiger partial charge in [-0.1, -0.05) is 0 Å². The number of fused-ring (bicyclic) bond motifs is 2. The van der Waals surface area contributed by atoms with Crippen LogP contribution in [0.25, 0.3) is 5.69 Å². The lowest BCUT2D eigenvalue weighted by molar-refractivity contribution is -0.119.